The zero-order chi connectivity index (χ0) is 11.0. The molecule has 0 saturated heterocycles. The molecule has 3 heteroatoms. The van der Waals surface area contributed by atoms with Crippen LogP contribution in [0.15, 0.2) is 23.7 Å². The van der Waals surface area contributed by atoms with E-state index in [-0.39, 0.29) is 5.91 Å². The van der Waals surface area contributed by atoms with Gasteiger partial charge in [0.15, 0.2) is 0 Å². The van der Waals surface area contributed by atoms with Gasteiger partial charge in [0.05, 0.1) is 0 Å². The zero-order valence-corrected chi connectivity index (χ0v) is 9.39. The molecule has 15 heavy (non-hydrogen) atoms. The van der Waals surface area contributed by atoms with Crippen LogP contribution in [0.4, 0.5) is 0 Å². The smallest absolute Gasteiger partial charge is 0.221 e. The Morgan fingerprint density at radius 3 is 2.20 bits per heavy atom. The van der Waals surface area contributed by atoms with Crippen LogP contribution in [0.1, 0.15) is 33.1 Å². The lowest BCUT2D eigenvalue weighted by Gasteiger charge is -2.21. The minimum Gasteiger partial charge on any atom is -0.361 e. The number of carbonyl (C=O) groups excluding carboxylic acids is 1. The van der Waals surface area contributed by atoms with Crippen LogP contribution in [-0.2, 0) is 4.79 Å². The monoisotopic (exact) mass is 206 g/mol. The first-order valence-electron chi connectivity index (χ1n) is 5.52. The number of hydrogen-bond acceptors (Lipinski definition) is 2. The van der Waals surface area contributed by atoms with E-state index in [1.165, 1.54) is 25.0 Å². The van der Waals surface area contributed by atoms with Gasteiger partial charge in [-0.2, -0.15) is 0 Å². The molecule has 2 aliphatic carbocycles. The molecule has 82 valence electrons. The van der Waals surface area contributed by atoms with Crippen LogP contribution in [0.5, 0.6) is 0 Å². The number of allylic oxidation sites excluding steroid dienone is 3. The second-order valence-corrected chi connectivity index (χ2v) is 4.62. The summed E-state index contributed by atoms with van der Waals surface area (Å²) in [6.07, 6.45) is 3.64. The summed E-state index contributed by atoms with van der Waals surface area (Å²) in [4.78, 5) is 11.1. The molecule has 2 N–H and O–H groups in total. The number of hydrogen-bond donors (Lipinski definition) is 2. The Bertz CT molecular complexity index is 312. The van der Waals surface area contributed by atoms with Crippen molar-refractivity contribution in [2.45, 2.75) is 33.1 Å². The molecule has 0 spiro atoms. The van der Waals surface area contributed by atoms with Crippen molar-refractivity contribution in [3.8, 4) is 0 Å². The number of carbonyl (C=O) groups is 1. The third kappa shape index (κ3) is 1.91. The Morgan fingerprint density at radius 2 is 1.73 bits per heavy atom. The van der Waals surface area contributed by atoms with E-state index in [4.69, 9.17) is 0 Å². The third-order valence-corrected chi connectivity index (χ3v) is 3.20. The van der Waals surface area contributed by atoms with Gasteiger partial charge in [-0.25, -0.2) is 0 Å². The molecule has 2 aliphatic rings. The molecule has 2 rings (SSSR count). The maximum Gasteiger partial charge on any atom is 0.221 e. The zero-order valence-electron chi connectivity index (χ0n) is 9.39. The SMILES string of the molecule is C=C(C)NC1=C(NC(C)=O)C2CCC1C2. The van der Waals surface area contributed by atoms with Gasteiger partial charge in [0.25, 0.3) is 0 Å². The van der Waals surface area contributed by atoms with Crippen LogP contribution in [0.3, 0.4) is 0 Å². The fraction of sp³-hybridized carbons (Fsp3) is 0.583. The molecular formula is C12H18N2O. The van der Waals surface area contributed by atoms with E-state index in [1.807, 2.05) is 6.92 Å². The van der Waals surface area contributed by atoms with Crippen molar-refractivity contribution in [2.75, 3.05) is 0 Å². The van der Waals surface area contributed by atoms with Crippen molar-refractivity contribution >= 4 is 5.91 Å². The van der Waals surface area contributed by atoms with Crippen molar-refractivity contribution in [2.24, 2.45) is 11.8 Å². The van der Waals surface area contributed by atoms with Crippen molar-refractivity contribution in [1.29, 1.82) is 0 Å². The summed E-state index contributed by atoms with van der Waals surface area (Å²) in [5, 5.41) is 6.26. The van der Waals surface area contributed by atoms with Gasteiger partial charge >= 0.3 is 0 Å². The van der Waals surface area contributed by atoms with Crippen molar-refractivity contribution in [1.82, 2.24) is 10.6 Å². The number of amides is 1. The highest BCUT2D eigenvalue weighted by atomic mass is 16.1. The highest BCUT2D eigenvalue weighted by Crippen LogP contribution is 2.46. The molecule has 2 bridgehead atoms. The maximum atomic E-state index is 11.1. The van der Waals surface area contributed by atoms with E-state index in [1.54, 1.807) is 6.92 Å². The number of fused-ring (bicyclic) bond motifs is 2. The minimum absolute atomic E-state index is 0.0264. The highest BCUT2D eigenvalue weighted by molar-refractivity contribution is 5.75. The molecule has 1 fully saturated rings. The molecule has 0 aromatic heterocycles. The molecule has 0 radical (unpaired) electrons. The van der Waals surface area contributed by atoms with Crippen molar-refractivity contribution < 1.29 is 4.79 Å². The lowest BCUT2D eigenvalue weighted by atomic mass is 10.0. The average Bonchev–Trinajstić information content (AvgIpc) is 2.67. The standard InChI is InChI=1S/C12H18N2O/c1-7(2)13-11-9-4-5-10(6-9)12(11)14-8(3)15/h9-10,13H,1,4-6H2,2-3H3,(H,14,15). The van der Waals surface area contributed by atoms with Crippen molar-refractivity contribution in [3.63, 3.8) is 0 Å². The van der Waals surface area contributed by atoms with Gasteiger partial charge in [0.2, 0.25) is 5.91 Å². The molecule has 0 heterocycles. The Morgan fingerprint density at radius 1 is 1.20 bits per heavy atom. The second-order valence-electron chi connectivity index (χ2n) is 4.62. The normalized spacial score (nSPS) is 28.1. The Kier molecular flexibility index (Phi) is 2.55. The third-order valence-electron chi connectivity index (χ3n) is 3.20. The second kappa shape index (κ2) is 3.72. The maximum absolute atomic E-state index is 11.1. The first-order valence-corrected chi connectivity index (χ1v) is 5.52. The Labute approximate surface area is 90.6 Å². The predicted molar refractivity (Wildman–Crippen MR) is 59.6 cm³/mol. The summed E-state index contributed by atoms with van der Waals surface area (Å²) in [5.41, 5.74) is 3.26. The van der Waals surface area contributed by atoms with Crippen LogP contribution >= 0.6 is 0 Å². The Hall–Kier alpha value is -1.25. The van der Waals surface area contributed by atoms with Crippen LogP contribution in [0, 0.1) is 11.8 Å². The van der Waals surface area contributed by atoms with E-state index in [9.17, 15) is 4.79 Å². The van der Waals surface area contributed by atoms with E-state index in [2.05, 4.69) is 17.2 Å². The molecule has 0 aromatic rings. The summed E-state index contributed by atoms with van der Waals surface area (Å²) >= 11 is 0. The summed E-state index contributed by atoms with van der Waals surface area (Å²) < 4.78 is 0. The largest absolute Gasteiger partial charge is 0.361 e. The summed E-state index contributed by atoms with van der Waals surface area (Å²) in [6, 6.07) is 0. The predicted octanol–water partition coefficient (Wildman–Crippen LogP) is 1.89. The number of nitrogens with one attached hydrogen (secondary N) is 2. The van der Waals surface area contributed by atoms with Gasteiger partial charge < -0.3 is 10.6 Å². The van der Waals surface area contributed by atoms with E-state index in [0.29, 0.717) is 11.8 Å². The molecular weight excluding hydrogens is 188 g/mol. The van der Waals surface area contributed by atoms with Gasteiger partial charge in [-0.3, -0.25) is 4.79 Å². The summed E-state index contributed by atoms with van der Waals surface area (Å²) in [5.74, 6) is 1.19. The lowest BCUT2D eigenvalue weighted by Crippen LogP contribution is -2.28. The van der Waals surface area contributed by atoms with E-state index < -0.39 is 0 Å². The Balaban J connectivity index is 2.22. The van der Waals surface area contributed by atoms with Crippen molar-refractivity contribution in [3.05, 3.63) is 23.7 Å². The molecule has 0 aliphatic heterocycles. The molecule has 2 unspecified atom stereocenters. The topological polar surface area (TPSA) is 41.1 Å². The van der Waals surface area contributed by atoms with Crippen LogP contribution < -0.4 is 10.6 Å². The summed E-state index contributed by atoms with van der Waals surface area (Å²) in [6.45, 7) is 7.37. The van der Waals surface area contributed by atoms with Crippen LogP contribution in [0.2, 0.25) is 0 Å². The number of rotatable bonds is 3. The van der Waals surface area contributed by atoms with Gasteiger partial charge in [-0.15, -0.1) is 0 Å². The summed E-state index contributed by atoms with van der Waals surface area (Å²) in [7, 11) is 0. The van der Waals surface area contributed by atoms with E-state index >= 15 is 0 Å². The highest BCUT2D eigenvalue weighted by Gasteiger charge is 2.39. The molecule has 1 saturated carbocycles. The first kappa shape index (κ1) is 10.3. The first-order chi connectivity index (χ1) is 7.08. The van der Waals surface area contributed by atoms with Gasteiger partial charge in [-0.05, 0) is 26.2 Å². The van der Waals surface area contributed by atoms with Gasteiger partial charge in [-0.1, -0.05) is 6.58 Å². The van der Waals surface area contributed by atoms with Crippen LogP contribution in [0.25, 0.3) is 0 Å². The molecule has 3 nitrogen and oxygen atoms in total. The molecule has 0 aromatic carbocycles. The van der Waals surface area contributed by atoms with Gasteiger partial charge in [0, 0.05) is 35.9 Å². The fourth-order valence-electron chi connectivity index (χ4n) is 2.70. The van der Waals surface area contributed by atoms with Crippen LogP contribution in [-0.4, -0.2) is 5.91 Å². The average molecular weight is 206 g/mol. The quantitative estimate of drug-likeness (QED) is 0.740. The molecule has 1 amide bonds. The lowest BCUT2D eigenvalue weighted by molar-refractivity contribution is -0.118. The van der Waals surface area contributed by atoms with Gasteiger partial charge in [0.1, 0.15) is 0 Å². The van der Waals surface area contributed by atoms with E-state index in [0.717, 1.165) is 11.4 Å². The fourth-order valence-corrected chi connectivity index (χ4v) is 2.70. The minimum atomic E-state index is 0.0264. The molecule has 2 atom stereocenters.